The number of para-hydroxylation sites is 1. The molecule has 3 rings (SSSR count). The fourth-order valence-electron chi connectivity index (χ4n) is 2.80. The number of benzene rings is 2. The Morgan fingerprint density at radius 1 is 1.12 bits per heavy atom. The first-order valence-corrected chi connectivity index (χ1v) is 11.6. The topological polar surface area (TPSA) is 85.2 Å². The summed E-state index contributed by atoms with van der Waals surface area (Å²) in [6.45, 7) is 3.85. The van der Waals surface area contributed by atoms with Crippen molar-refractivity contribution in [3.63, 3.8) is 0 Å². The first-order valence-electron chi connectivity index (χ1n) is 10.0. The maximum Gasteiger partial charge on any atom is 0.344 e. The maximum atomic E-state index is 12.4. The number of amides is 1. The lowest BCUT2D eigenvalue weighted by Crippen LogP contribution is -2.14. The van der Waals surface area contributed by atoms with Gasteiger partial charge in [-0.1, -0.05) is 64.9 Å². The van der Waals surface area contributed by atoms with Crippen LogP contribution in [0.25, 0.3) is 6.08 Å². The molecule has 1 N–H and O–H groups in total. The summed E-state index contributed by atoms with van der Waals surface area (Å²) >= 11 is 4.46. The first kappa shape index (κ1) is 23.8. The van der Waals surface area contributed by atoms with E-state index in [4.69, 9.17) is 9.47 Å². The average molecular weight is 516 g/mol. The molecular weight excluding hydrogens is 494 g/mol. The van der Waals surface area contributed by atoms with E-state index in [0.29, 0.717) is 22.8 Å². The van der Waals surface area contributed by atoms with Crippen LogP contribution in [0, 0.1) is 0 Å². The molecule has 2 aromatic carbocycles. The molecule has 6 nitrogen and oxygen atoms in total. The second-order valence-electron chi connectivity index (χ2n) is 6.67. The lowest BCUT2D eigenvalue weighted by atomic mass is 10.1. The van der Waals surface area contributed by atoms with Crippen molar-refractivity contribution in [2.24, 2.45) is 4.99 Å². The number of rotatable bonds is 7. The number of thioether (sulfide) groups is 1. The summed E-state index contributed by atoms with van der Waals surface area (Å²) in [5.41, 5.74) is 1.62. The van der Waals surface area contributed by atoms with Crippen LogP contribution in [0.15, 0.2) is 74.2 Å². The number of carbonyl (C=O) groups is 2. The maximum absolute atomic E-state index is 12.4. The summed E-state index contributed by atoms with van der Waals surface area (Å²) in [5.74, 6) is -0.757. The van der Waals surface area contributed by atoms with Gasteiger partial charge in [0.2, 0.25) is 5.91 Å². The number of ether oxygens (including phenoxy) is 2. The Morgan fingerprint density at radius 2 is 1.84 bits per heavy atom. The number of halogens is 1. The first-order chi connectivity index (χ1) is 15.4. The van der Waals surface area contributed by atoms with E-state index in [1.54, 1.807) is 19.9 Å². The van der Waals surface area contributed by atoms with Crippen molar-refractivity contribution in [2.45, 2.75) is 26.9 Å². The highest BCUT2D eigenvalue weighted by Crippen LogP contribution is 2.40. The van der Waals surface area contributed by atoms with Crippen LogP contribution in [0.3, 0.4) is 0 Å². The van der Waals surface area contributed by atoms with Crippen molar-refractivity contribution in [1.29, 1.82) is 0 Å². The number of nitrogens with zero attached hydrogens (tertiary/aromatic N) is 1. The predicted molar refractivity (Wildman–Crippen MR) is 130 cm³/mol. The number of carbonyl (C=O) groups excluding carboxylic acids is 2. The predicted octanol–water partition coefficient (Wildman–Crippen LogP) is 5.83. The molecule has 0 fully saturated rings. The van der Waals surface area contributed by atoms with E-state index in [2.05, 4.69) is 20.9 Å². The summed E-state index contributed by atoms with van der Waals surface area (Å²) in [5, 5.41) is 10.9. The minimum absolute atomic E-state index is 0.0989. The zero-order chi connectivity index (χ0) is 23.1. The Labute approximate surface area is 199 Å². The smallest absolute Gasteiger partial charge is 0.344 e. The van der Waals surface area contributed by atoms with Gasteiger partial charge >= 0.3 is 5.97 Å². The van der Waals surface area contributed by atoms with Crippen LogP contribution >= 0.6 is 27.7 Å². The van der Waals surface area contributed by atoms with Crippen molar-refractivity contribution in [3.8, 4) is 5.75 Å². The van der Waals surface area contributed by atoms with Crippen molar-refractivity contribution < 1.29 is 24.2 Å². The van der Waals surface area contributed by atoms with Crippen LogP contribution in [-0.4, -0.2) is 28.6 Å². The summed E-state index contributed by atoms with van der Waals surface area (Å²) in [7, 11) is 0. The van der Waals surface area contributed by atoms with E-state index >= 15 is 0 Å². The molecule has 0 bridgehead atoms. The monoisotopic (exact) mass is 515 g/mol. The molecule has 0 unspecified atom stereocenters. The quantitative estimate of drug-likeness (QED) is 0.467. The summed E-state index contributed by atoms with van der Waals surface area (Å²) < 4.78 is 12.0. The van der Waals surface area contributed by atoms with Crippen molar-refractivity contribution in [3.05, 3.63) is 80.4 Å². The molecule has 2 aromatic rings. The molecule has 166 valence electrons. The lowest BCUT2D eigenvalue weighted by molar-refractivity contribution is -0.138. The highest BCUT2D eigenvalue weighted by Gasteiger charge is 2.33. The molecule has 1 aliphatic heterocycles. The number of aliphatic hydroxyl groups excluding tert-OH is 1. The third kappa shape index (κ3) is 5.89. The van der Waals surface area contributed by atoms with Crippen LogP contribution in [0.1, 0.15) is 31.4 Å². The number of aliphatic hydroxyl groups is 1. The van der Waals surface area contributed by atoms with Gasteiger partial charge in [-0.2, -0.15) is 0 Å². The van der Waals surface area contributed by atoms with Gasteiger partial charge in [-0.25, -0.2) is 9.79 Å². The van der Waals surface area contributed by atoms with Crippen molar-refractivity contribution in [2.75, 3.05) is 6.61 Å². The molecule has 0 saturated carbocycles. The van der Waals surface area contributed by atoms with Gasteiger partial charge in [0.05, 0.1) is 11.5 Å². The normalized spacial score (nSPS) is 16.0. The van der Waals surface area contributed by atoms with Crippen LogP contribution in [-0.2, 0) is 20.9 Å². The summed E-state index contributed by atoms with van der Waals surface area (Å²) in [4.78, 5) is 28.6. The molecule has 8 heteroatoms. The third-order valence-electron chi connectivity index (χ3n) is 4.41. The van der Waals surface area contributed by atoms with Gasteiger partial charge < -0.3 is 14.6 Å². The van der Waals surface area contributed by atoms with Gasteiger partial charge in [-0.15, -0.1) is 0 Å². The molecule has 32 heavy (non-hydrogen) atoms. The van der Waals surface area contributed by atoms with Crippen molar-refractivity contribution >= 4 is 50.7 Å². The molecule has 0 spiro atoms. The molecule has 1 aliphatic rings. The SMILES string of the molecule is CCOC(=O)C1=C(O)/C(=C/c2ccccc2OCc2ccc(Br)cc2)SC1=NC(=O)CC. The van der Waals surface area contributed by atoms with E-state index in [-0.39, 0.29) is 35.3 Å². The number of hydrogen-bond acceptors (Lipinski definition) is 6. The number of aliphatic imine (C=N–C) groups is 1. The standard InChI is InChI=1S/C24H22BrNO5S/c1-3-20(27)26-23-21(24(29)30-4-2)22(28)19(32-23)13-16-7-5-6-8-18(16)31-14-15-9-11-17(25)12-10-15/h5-13,28H,3-4,14H2,1-2H3/b19-13-,26-23?. The molecule has 0 radical (unpaired) electrons. The van der Waals surface area contributed by atoms with Gasteiger partial charge in [0.25, 0.3) is 0 Å². The van der Waals surface area contributed by atoms with Crippen LogP contribution < -0.4 is 4.74 Å². The number of hydrogen-bond donors (Lipinski definition) is 1. The minimum atomic E-state index is -0.719. The molecule has 0 saturated heterocycles. The summed E-state index contributed by atoms with van der Waals surface area (Å²) in [6, 6.07) is 15.2. The lowest BCUT2D eigenvalue weighted by Gasteiger charge is -2.10. The zero-order valence-electron chi connectivity index (χ0n) is 17.6. The second kappa shape index (κ2) is 11.2. The highest BCUT2D eigenvalue weighted by atomic mass is 79.9. The van der Waals surface area contributed by atoms with Crippen LogP contribution in [0.5, 0.6) is 5.75 Å². The Balaban J connectivity index is 1.91. The van der Waals surface area contributed by atoms with Gasteiger partial charge in [0, 0.05) is 16.5 Å². The summed E-state index contributed by atoms with van der Waals surface area (Å²) in [6.07, 6.45) is 1.89. The Kier molecular flexibility index (Phi) is 8.30. The minimum Gasteiger partial charge on any atom is -0.506 e. The van der Waals surface area contributed by atoms with Gasteiger partial charge in [0.1, 0.15) is 28.7 Å². The van der Waals surface area contributed by atoms with Crippen LogP contribution in [0.2, 0.25) is 0 Å². The molecular formula is C24H22BrNO5S. The van der Waals surface area contributed by atoms with E-state index in [0.717, 1.165) is 21.8 Å². The van der Waals surface area contributed by atoms with Gasteiger partial charge in [-0.3, -0.25) is 4.79 Å². The van der Waals surface area contributed by atoms with E-state index < -0.39 is 5.97 Å². The van der Waals surface area contributed by atoms with E-state index in [1.165, 1.54) is 0 Å². The second-order valence-corrected chi connectivity index (χ2v) is 8.62. The Bertz CT molecular complexity index is 1110. The molecule has 0 atom stereocenters. The molecule has 1 heterocycles. The molecule has 0 aromatic heterocycles. The third-order valence-corrected chi connectivity index (χ3v) is 5.96. The molecule has 0 aliphatic carbocycles. The highest BCUT2D eigenvalue weighted by molar-refractivity contribution is 9.10. The largest absolute Gasteiger partial charge is 0.506 e. The van der Waals surface area contributed by atoms with E-state index in [1.807, 2.05) is 48.5 Å². The average Bonchev–Trinajstić information content (AvgIpc) is 3.08. The van der Waals surface area contributed by atoms with E-state index in [9.17, 15) is 14.7 Å². The molecule has 1 amide bonds. The van der Waals surface area contributed by atoms with Crippen molar-refractivity contribution in [1.82, 2.24) is 0 Å². The number of esters is 1. The van der Waals surface area contributed by atoms with Gasteiger partial charge in [-0.05, 0) is 36.8 Å². The zero-order valence-corrected chi connectivity index (χ0v) is 20.0. The Hall–Kier alpha value is -2.84. The fourth-order valence-corrected chi connectivity index (χ4v) is 4.09. The van der Waals surface area contributed by atoms with Crippen LogP contribution in [0.4, 0.5) is 0 Å². The Morgan fingerprint density at radius 3 is 2.53 bits per heavy atom. The van der Waals surface area contributed by atoms with Gasteiger partial charge in [0.15, 0.2) is 0 Å². The fraction of sp³-hybridized carbons (Fsp3) is 0.208.